The predicted molar refractivity (Wildman–Crippen MR) is 64.5 cm³/mol. The molecule has 2 nitrogen and oxygen atoms in total. The van der Waals surface area contributed by atoms with E-state index in [-0.39, 0.29) is 17.5 Å². The van der Waals surface area contributed by atoms with Crippen LogP contribution in [0.3, 0.4) is 0 Å². The number of carbonyl (C=O) groups excluding carboxylic acids is 2. The van der Waals surface area contributed by atoms with Gasteiger partial charge in [0.05, 0.1) is 0 Å². The third kappa shape index (κ3) is 3.97. The van der Waals surface area contributed by atoms with Crippen molar-refractivity contribution in [2.24, 2.45) is 5.92 Å². The van der Waals surface area contributed by atoms with Crippen molar-refractivity contribution in [1.29, 1.82) is 0 Å². The lowest BCUT2D eigenvalue weighted by Gasteiger charge is -2.03. The van der Waals surface area contributed by atoms with Crippen molar-refractivity contribution >= 4 is 11.6 Å². The molecule has 0 aliphatic heterocycles. The SMILES string of the molecule is CC(C)C(=O)CCCC(=O)c1ccccc1. The lowest BCUT2D eigenvalue weighted by molar-refractivity contribution is -0.121. The van der Waals surface area contributed by atoms with E-state index in [4.69, 9.17) is 0 Å². The van der Waals surface area contributed by atoms with Gasteiger partial charge in [-0.25, -0.2) is 0 Å². The molecule has 0 N–H and O–H groups in total. The van der Waals surface area contributed by atoms with E-state index >= 15 is 0 Å². The molecule has 0 amide bonds. The maximum atomic E-state index is 11.7. The second-order valence-electron chi connectivity index (χ2n) is 4.26. The Bertz CT molecular complexity index is 352. The molecule has 86 valence electrons. The van der Waals surface area contributed by atoms with Gasteiger partial charge in [0.25, 0.3) is 0 Å². The lowest BCUT2D eigenvalue weighted by atomic mass is 10.0. The second kappa shape index (κ2) is 6.21. The number of carbonyl (C=O) groups is 2. The summed E-state index contributed by atoms with van der Waals surface area (Å²) < 4.78 is 0. The molecular formula is C14H18O2. The van der Waals surface area contributed by atoms with Crippen molar-refractivity contribution in [2.75, 3.05) is 0 Å². The largest absolute Gasteiger partial charge is 0.299 e. The number of hydrogen-bond donors (Lipinski definition) is 0. The normalized spacial score (nSPS) is 10.4. The zero-order valence-corrected chi connectivity index (χ0v) is 9.90. The second-order valence-corrected chi connectivity index (χ2v) is 4.26. The zero-order valence-electron chi connectivity index (χ0n) is 9.90. The first-order valence-corrected chi connectivity index (χ1v) is 5.72. The van der Waals surface area contributed by atoms with Crippen LogP contribution in [0, 0.1) is 5.92 Å². The maximum absolute atomic E-state index is 11.7. The molecule has 0 fully saturated rings. The summed E-state index contributed by atoms with van der Waals surface area (Å²) in [6.45, 7) is 3.78. The highest BCUT2D eigenvalue weighted by molar-refractivity contribution is 5.96. The Morgan fingerprint density at radius 2 is 1.69 bits per heavy atom. The molecule has 0 unspecified atom stereocenters. The Morgan fingerprint density at radius 3 is 2.25 bits per heavy atom. The third-order valence-corrected chi connectivity index (χ3v) is 2.57. The van der Waals surface area contributed by atoms with Crippen molar-refractivity contribution in [3.8, 4) is 0 Å². The molecule has 2 heteroatoms. The molecule has 0 spiro atoms. The van der Waals surface area contributed by atoms with Crippen LogP contribution in [-0.4, -0.2) is 11.6 Å². The Kier molecular flexibility index (Phi) is 4.90. The van der Waals surface area contributed by atoms with E-state index in [1.165, 1.54) is 0 Å². The minimum atomic E-state index is 0.0758. The highest BCUT2D eigenvalue weighted by atomic mass is 16.1. The summed E-state index contributed by atoms with van der Waals surface area (Å²) in [6.07, 6.45) is 1.63. The summed E-state index contributed by atoms with van der Waals surface area (Å²) in [5, 5.41) is 0. The summed E-state index contributed by atoms with van der Waals surface area (Å²) in [7, 11) is 0. The first-order chi connectivity index (χ1) is 7.61. The standard InChI is InChI=1S/C14H18O2/c1-11(2)13(15)9-6-10-14(16)12-7-4-3-5-8-12/h3-5,7-8,11H,6,9-10H2,1-2H3. The van der Waals surface area contributed by atoms with Crippen LogP contribution in [0.15, 0.2) is 30.3 Å². The Hall–Kier alpha value is -1.44. The monoisotopic (exact) mass is 218 g/mol. The Labute approximate surface area is 96.7 Å². The average Bonchev–Trinajstić information content (AvgIpc) is 2.29. The topological polar surface area (TPSA) is 34.1 Å². The molecule has 0 aliphatic rings. The predicted octanol–water partition coefficient (Wildman–Crippen LogP) is 3.26. The Morgan fingerprint density at radius 1 is 1.06 bits per heavy atom. The molecule has 1 aromatic carbocycles. The summed E-state index contributed by atoms with van der Waals surface area (Å²) in [5.74, 6) is 0.435. The van der Waals surface area contributed by atoms with E-state index in [0.29, 0.717) is 19.3 Å². The minimum absolute atomic E-state index is 0.0758. The number of hydrogen-bond acceptors (Lipinski definition) is 2. The van der Waals surface area contributed by atoms with Crippen LogP contribution < -0.4 is 0 Å². The molecule has 0 aromatic heterocycles. The van der Waals surface area contributed by atoms with Gasteiger partial charge in [0, 0.05) is 24.3 Å². The van der Waals surface area contributed by atoms with Crippen LogP contribution >= 0.6 is 0 Å². The molecule has 0 heterocycles. The molecular weight excluding hydrogens is 200 g/mol. The van der Waals surface area contributed by atoms with Crippen molar-refractivity contribution in [2.45, 2.75) is 33.1 Å². The van der Waals surface area contributed by atoms with Crippen LogP contribution in [0.2, 0.25) is 0 Å². The zero-order chi connectivity index (χ0) is 12.0. The van der Waals surface area contributed by atoms with E-state index < -0.39 is 0 Å². The third-order valence-electron chi connectivity index (χ3n) is 2.57. The number of ketones is 2. The summed E-state index contributed by atoms with van der Waals surface area (Å²) in [6, 6.07) is 9.22. The minimum Gasteiger partial charge on any atom is -0.299 e. The average molecular weight is 218 g/mol. The molecule has 0 bridgehead atoms. The highest BCUT2D eigenvalue weighted by Gasteiger charge is 2.09. The quantitative estimate of drug-likeness (QED) is 0.687. The van der Waals surface area contributed by atoms with Crippen molar-refractivity contribution in [1.82, 2.24) is 0 Å². The van der Waals surface area contributed by atoms with Crippen molar-refractivity contribution in [3.05, 3.63) is 35.9 Å². The van der Waals surface area contributed by atoms with Gasteiger partial charge < -0.3 is 0 Å². The maximum Gasteiger partial charge on any atom is 0.162 e. The highest BCUT2D eigenvalue weighted by Crippen LogP contribution is 2.09. The van der Waals surface area contributed by atoms with Gasteiger partial charge in [-0.15, -0.1) is 0 Å². The van der Waals surface area contributed by atoms with Crippen molar-refractivity contribution < 1.29 is 9.59 Å². The molecule has 1 aromatic rings. The molecule has 0 atom stereocenters. The van der Waals surface area contributed by atoms with Gasteiger partial charge in [-0.1, -0.05) is 44.2 Å². The first kappa shape index (κ1) is 12.6. The van der Waals surface area contributed by atoms with Gasteiger partial charge >= 0.3 is 0 Å². The summed E-state index contributed by atoms with van der Waals surface area (Å²) >= 11 is 0. The van der Waals surface area contributed by atoms with Gasteiger partial charge in [0.2, 0.25) is 0 Å². The fraction of sp³-hybridized carbons (Fsp3) is 0.429. The van der Waals surface area contributed by atoms with Crippen LogP contribution in [0.4, 0.5) is 0 Å². The molecule has 0 aliphatic carbocycles. The van der Waals surface area contributed by atoms with E-state index in [9.17, 15) is 9.59 Å². The van der Waals surface area contributed by atoms with E-state index in [2.05, 4.69) is 0 Å². The summed E-state index contributed by atoms with van der Waals surface area (Å²) in [4.78, 5) is 23.0. The first-order valence-electron chi connectivity index (χ1n) is 5.72. The smallest absolute Gasteiger partial charge is 0.162 e. The molecule has 0 saturated carbocycles. The van der Waals surface area contributed by atoms with Gasteiger partial charge in [-0.2, -0.15) is 0 Å². The van der Waals surface area contributed by atoms with Crippen LogP contribution in [0.5, 0.6) is 0 Å². The fourth-order valence-corrected chi connectivity index (χ4v) is 1.48. The number of benzene rings is 1. The van der Waals surface area contributed by atoms with E-state index in [1.807, 2.05) is 44.2 Å². The Balaban J connectivity index is 2.34. The van der Waals surface area contributed by atoms with Gasteiger partial charge in [0.1, 0.15) is 5.78 Å². The van der Waals surface area contributed by atoms with Gasteiger partial charge in [-0.05, 0) is 6.42 Å². The van der Waals surface area contributed by atoms with Gasteiger partial charge in [-0.3, -0.25) is 9.59 Å². The molecule has 0 radical (unpaired) electrons. The van der Waals surface area contributed by atoms with Crippen molar-refractivity contribution in [3.63, 3.8) is 0 Å². The van der Waals surface area contributed by atoms with Crippen LogP contribution in [-0.2, 0) is 4.79 Å². The number of rotatable bonds is 6. The van der Waals surface area contributed by atoms with Crippen LogP contribution in [0.25, 0.3) is 0 Å². The molecule has 0 saturated heterocycles. The van der Waals surface area contributed by atoms with Crippen LogP contribution in [0.1, 0.15) is 43.5 Å². The fourth-order valence-electron chi connectivity index (χ4n) is 1.48. The van der Waals surface area contributed by atoms with E-state index in [0.717, 1.165) is 5.56 Å². The van der Waals surface area contributed by atoms with E-state index in [1.54, 1.807) is 0 Å². The summed E-state index contributed by atoms with van der Waals surface area (Å²) in [5.41, 5.74) is 0.736. The number of Topliss-reactive ketones (excluding diaryl/α,β-unsaturated/α-hetero) is 2. The van der Waals surface area contributed by atoms with Gasteiger partial charge in [0.15, 0.2) is 5.78 Å². The molecule has 1 rings (SSSR count). The molecule has 16 heavy (non-hydrogen) atoms. The lowest BCUT2D eigenvalue weighted by Crippen LogP contribution is -2.07.